The van der Waals surface area contributed by atoms with Crippen LogP contribution in [-0.4, -0.2) is 11.5 Å². The topological polar surface area (TPSA) is 38.3 Å². The van der Waals surface area contributed by atoms with Gasteiger partial charge in [-0.25, -0.2) is 4.39 Å². The average molecular weight is 299 g/mol. The monoisotopic (exact) mass is 299 g/mol. The van der Waals surface area contributed by atoms with Gasteiger partial charge in [-0.1, -0.05) is 18.2 Å². The molecule has 1 aliphatic heterocycles. The summed E-state index contributed by atoms with van der Waals surface area (Å²) in [4.78, 5) is 12.4. The van der Waals surface area contributed by atoms with Crippen LogP contribution >= 0.6 is 0 Å². The van der Waals surface area contributed by atoms with Gasteiger partial charge in [-0.3, -0.25) is 4.79 Å². The molecule has 0 radical (unpaired) electrons. The number of hydrogen-bond donors (Lipinski definition) is 1. The Morgan fingerprint density at radius 1 is 1.18 bits per heavy atom. The Balaban J connectivity index is 1.85. The number of carbonyl (C=O) groups excluding carboxylic acids is 1. The van der Waals surface area contributed by atoms with Crippen molar-refractivity contribution in [3.05, 3.63) is 65.5 Å². The molecule has 1 aliphatic rings. The molecule has 3 rings (SSSR count). The highest BCUT2D eigenvalue weighted by atomic mass is 19.1. The van der Waals surface area contributed by atoms with Crippen molar-refractivity contribution in [1.29, 1.82) is 0 Å². The SMILES string of the molecule is CC1(C)C[C@@H](NC(=O)c2ccc(F)cc2)c2ccccc2O1. The lowest BCUT2D eigenvalue weighted by atomic mass is 9.89. The van der Waals surface area contributed by atoms with E-state index in [1.807, 2.05) is 38.1 Å². The maximum absolute atomic E-state index is 13.0. The van der Waals surface area contributed by atoms with E-state index in [1.165, 1.54) is 24.3 Å². The number of carbonyl (C=O) groups is 1. The number of fused-ring (bicyclic) bond motifs is 1. The Morgan fingerprint density at radius 2 is 1.86 bits per heavy atom. The van der Waals surface area contributed by atoms with E-state index >= 15 is 0 Å². The number of amides is 1. The van der Waals surface area contributed by atoms with E-state index in [9.17, 15) is 9.18 Å². The Kier molecular flexibility index (Phi) is 3.61. The first-order valence-corrected chi connectivity index (χ1v) is 7.29. The van der Waals surface area contributed by atoms with Gasteiger partial charge in [-0.05, 0) is 44.2 Å². The minimum absolute atomic E-state index is 0.127. The van der Waals surface area contributed by atoms with Crippen LogP contribution in [0.15, 0.2) is 48.5 Å². The fourth-order valence-electron chi connectivity index (χ4n) is 2.77. The first-order valence-electron chi connectivity index (χ1n) is 7.29. The van der Waals surface area contributed by atoms with E-state index in [1.54, 1.807) is 0 Å². The average Bonchev–Trinajstić information content (AvgIpc) is 2.46. The summed E-state index contributed by atoms with van der Waals surface area (Å²) in [6.45, 7) is 4.00. The van der Waals surface area contributed by atoms with Crippen molar-refractivity contribution in [3.63, 3.8) is 0 Å². The molecule has 0 spiro atoms. The fourth-order valence-corrected chi connectivity index (χ4v) is 2.77. The van der Waals surface area contributed by atoms with Gasteiger partial charge in [0, 0.05) is 17.5 Å². The third-order valence-corrected chi connectivity index (χ3v) is 3.79. The minimum Gasteiger partial charge on any atom is -0.487 e. The normalized spacial score (nSPS) is 19.0. The van der Waals surface area contributed by atoms with E-state index in [0.29, 0.717) is 12.0 Å². The zero-order valence-corrected chi connectivity index (χ0v) is 12.6. The highest BCUT2D eigenvalue weighted by molar-refractivity contribution is 5.94. The molecular formula is C18H18FNO2. The van der Waals surface area contributed by atoms with E-state index in [4.69, 9.17) is 4.74 Å². The van der Waals surface area contributed by atoms with Crippen LogP contribution in [0, 0.1) is 5.82 Å². The first kappa shape index (κ1) is 14.6. The Morgan fingerprint density at radius 3 is 2.59 bits per heavy atom. The molecule has 0 fully saturated rings. The van der Waals surface area contributed by atoms with Gasteiger partial charge >= 0.3 is 0 Å². The molecular weight excluding hydrogens is 281 g/mol. The van der Waals surface area contributed by atoms with E-state index < -0.39 is 0 Å². The standard InChI is InChI=1S/C18H18FNO2/c1-18(2)11-15(14-5-3-4-6-16(14)22-18)20-17(21)12-7-9-13(19)10-8-12/h3-10,15H,11H2,1-2H3,(H,20,21)/t15-/m1/s1. The molecule has 3 nitrogen and oxygen atoms in total. The lowest BCUT2D eigenvalue weighted by Crippen LogP contribution is -2.41. The quantitative estimate of drug-likeness (QED) is 0.914. The van der Waals surface area contributed by atoms with Crippen LogP contribution in [0.2, 0.25) is 0 Å². The second-order valence-corrected chi connectivity index (χ2v) is 6.14. The molecule has 1 atom stereocenters. The predicted molar refractivity (Wildman–Crippen MR) is 82.4 cm³/mol. The van der Waals surface area contributed by atoms with Crippen LogP contribution in [0.1, 0.15) is 42.2 Å². The van der Waals surface area contributed by atoms with Crippen LogP contribution in [0.25, 0.3) is 0 Å². The van der Waals surface area contributed by atoms with Crippen LogP contribution in [0.5, 0.6) is 5.75 Å². The van der Waals surface area contributed by atoms with E-state index in [2.05, 4.69) is 5.32 Å². The second kappa shape index (κ2) is 5.44. The number of benzene rings is 2. The Hall–Kier alpha value is -2.36. The van der Waals surface area contributed by atoms with Crippen molar-refractivity contribution >= 4 is 5.91 Å². The zero-order valence-electron chi connectivity index (χ0n) is 12.6. The molecule has 0 saturated carbocycles. The van der Waals surface area contributed by atoms with Gasteiger partial charge in [-0.2, -0.15) is 0 Å². The fraction of sp³-hybridized carbons (Fsp3) is 0.278. The van der Waals surface area contributed by atoms with E-state index in [0.717, 1.165) is 11.3 Å². The second-order valence-electron chi connectivity index (χ2n) is 6.14. The Bertz CT molecular complexity index is 694. The molecule has 2 aromatic rings. The summed E-state index contributed by atoms with van der Waals surface area (Å²) in [5.41, 5.74) is 1.07. The third kappa shape index (κ3) is 2.96. The van der Waals surface area contributed by atoms with Gasteiger partial charge in [0.1, 0.15) is 17.2 Å². The van der Waals surface area contributed by atoms with Crippen molar-refractivity contribution in [2.75, 3.05) is 0 Å². The van der Waals surface area contributed by atoms with Crippen LogP contribution < -0.4 is 10.1 Å². The molecule has 1 amide bonds. The summed E-state index contributed by atoms with van der Waals surface area (Å²) in [5, 5.41) is 3.03. The lowest BCUT2D eigenvalue weighted by molar-refractivity contribution is 0.0620. The third-order valence-electron chi connectivity index (χ3n) is 3.79. The summed E-state index contributed by atoms with van der Waals surface area (Å²) < 4.78 is 18.9. The van der Waals surface area contributed by atoms with Crippen molar-refractivity contribution in [2.24, 2.45) is 0 Å². The van der Waals surface area contributed by atoms with Gasteiger partial charge in [0.05, 0.1) is 6.04 Å². The largest absolute Gasteiger partial charge is 0.487 e. The molecule has 0 unspecified atom stereocenters. The van der Waals surface area contributed by atoms with Crippen LogP contribution in [0.3, 0.4) is 0 Å². The summed E-state index contributed by atoms with van der Waals surface area (Å²) in [6.07, 6.45) is 0.678. The maximum atomic E-state index is 13.0. The molecule has 0 aliphatic carbocycles. The van der Waals surface area contributed by atoms with Gasteiger partial charge in [0.2, 0.25) is 0 Å². The van der Waals surface area contributed by atoms with E-state index in [-0.39, 0.29) is 23.4 Å². The summed E-state index contributed by atoms with van der Waals surface area (Å²) in [6, 6.07) is 13.1. The number of halogens is 1. The summed E-state index contributed by atoms with van der Waals surface area (Å²) in [5.74, 6) is 0.231. The summed E-state index contributed by atoms with van der Waals surface area (Å²) in [7, 11) is 0. The smallest absolute Gasteiger partial charge is 0.251 e. The van der Waals surface area contributed by atoms with Gasteiger partial charge in [0.25, 0.3) is 5.91 Å². The molecule has 22 heavy (non-hydrogen) atoms. The first-order chi connectivity index (χ1) is 10.4. The highest BCUT2D eigenvalue weighted by Crippen LogP contribution is 2.39. The molecule has 0 saturated heterocycles. The molecule has 0 bridgehead atoms. The number of nitrogens with one attached hydrogen (secondary N) is 1. The van der Waals surface area contributed by atoms with Crippen molar-refractivity contribution in [3.8, 4) is 5.75 Å². The molecule has 1 heterocycles. The van der Waals surface area contributed by atoms with Crippen molar-refractivity contribution in [2.45, 2.75) is 31.9 Å². The predicted octanol–water partition coefficient (Wildman–Crippen LogP) is 3.86. The minimum atomic E-state index is -0.353. The zero-order chi connectivity index (χ0) is 15.7. The number of ether oxygens (including phenoxy) is 1. The lowest BCUT2D eigenvalue weighted by Gasteiger charge is -2.37. The molecule has 4 heteroatoms. The Labute approximate surface area is 129 Å². The number of rotatable bonds is 2. The molecule has 0 aromatic heterocycles. The number of para-hydroxylation sites is 1. The highest BCUT2D eigenvalue weighted by Gasteiger charge is 2.34. The van der Waals surface area contributed by atoms with Gasteiger partial charge in [-0.15, -0.1) is 0 Å². The summed E-state index contributed by atoms with van der Waals surface area (Å²) >= 11 is 0. The van der Waals surface area contributed by atoms with Crippen LogP contribution in [0.4, 0.5) is 4.39 Å². The molecule has 114 valence electrons. The van der Waals surface area contributed by atoms with Gasteiger partial charge < -0.3 is 10.1 Å². The molecule has 2 aromatic carbocycles. The maximum Gasteiger partial charge on any atom is 0.251 e. The molecule has 1 N–H and O–H groups in total. The number of hydrogen-bond acceptors (Lipinski definition) is 2. The van der Waals surface area contributed by atoms with Crippen molar-refractivity contribution in [1.82, 2.24) is 5.32 Å². The van der Waals surface area contributed by atoms with Gasteiger partial charge in [0.15, 0.2) is 0 Å². The van der Waals surface area contributed by atoms with Crippen molar-refractivity contribution < 1.29 is 13.9 Å². The van der Waals surface area contributed by atoms with Crippen LogP contribution in [-0.2, 0) is 0 Å².